The number of nitrogens with zero attached hydrogens (tertiary/aromatic N) is 4. The van der Waals surface area contributed by atoms with Gasteiger partial charge in [0.15, 0.2) is 0 Å². The molecule has 1 fully saturated rings. The minimum atomic E-state index is -0.326. The van der Waals surface area contributed by atoms with Crippen LogP contribution in [0, 0.1) is 5.82 Å². The summed E-state index contributed by atoms with van der Waals surface area (Å²) in [5.74, 6) is 0.135. The summed E-state index contributed by atoms with van der Waals surface area (Å²) >= 11 is 6.21. The fraction of sp³-hybridized carbons (Fsp3) is 0.419. The molecule has 0 amide bonds. The van der Waals surface area contributed by atoms with E-state index >= 15 is 0 Å². The van der Waals surface area contributed by atoms with Gasteiger partial charge >= 0.3 is 5.97 Å². The molecule has 1 aliphatic rings. The third-order valence-corrected chi connectivity index (χ3v) is 7.64. The number of aromatic nitrogens is 1. The van der Waals surface area contributed by atoms with E-state index in [0.717, 1.165) is 45.8 Å². The molecule has 2 aromatic carbocycles. The maximum Gasteiger partial charge on any atom is 0.341 e. The molecule has 0 spiro atoms. The van der Waals surface area contributed by atoms with Gasteiger partial charge in [0.1, 0.15) is 17.2 Å². The van der Waals surface area contributed by atoms with Crippen molar-refractivity contribution in [1.82, 2.24) is 14.8 Å². The Kier molecular flexibility index (Phi) is 14.3. The molecule has 0 bridgehead atoms. The Labute approximate surface area is 260 Å². The van der Waals surface area contributed by atoms with E-state index in [2.05, 4.69) is 57.8 Å². The van der Waals surface area contributed by atoms with Crippen molar-refractivity contribution in [2.45, 2.75) is 46.3 Å². The number of ether oxygens (including phenoxy) is 1. The van der Waals surface area contributed by atoms with Gasteiger partial charge in [0.2, 0.25) is 0 Å². The summed E-state index contributed by atoms with van der Waals surface area (Å²) < 4.78 is 19.4. The predicted molar refractivity (Wildman–Crippen MR) is 169 cm³/mol. The Hall–Kier alpha value is -2.42. The third kappa shape index (κ3) is 9.29. The molecule has 4 rings (SSSR count). The number of pyridine rings is 1. The van der Waals surface area contributed by atoms with E-state index in [0.29, 0.717) is 35.0 Å². The average molecular weight is 626 g/mol. The molecule has 41 heavy (non-hydrogen) atoms. The van der Waals surface area contributed by atoms with Crippen molar-refractivity contribution in [3.63, 3.8) is 0 Å². The summed E-state index contributed by atoms with van der Waals surface area (Å²) in [4.78, 5) is 23.9. The molecule has 1 aromatic heterocycles. The first-order valence-electron chi connectivity index (χ1n) is 13.7. The Balaban J connectivity index is 0.00000294. The molecule has 1 aliphatic heterocycles. The zero-order chi connectivity index (χ0) is 27.8. The zero-order valence-corrected chi connectivity index (χ0v) is 26.3. The van der Waals surface area contributed by atoms with Crippen LogP contribution in [-0.2, 0) is 24.2 Å². The van der Waals surface area contributed by atoms with Crippen LogP contribution in [0.2, 0.25) is 5.02 Å². The number of halogens is 4. The quantitative estimate of drug-likeness (QED) is 0.222. The van der Waals surface area contributed by atoms with Gasteiger partial charge < -0.3 is 9.64 Å². The smallest absolute Gasteiger partial charge is 0.341 e. The number of anilines is 1. The van der Waals surface area contributed by atoms with Crippen molar-refractivity contribution in [2.24, 2.45) is 0 Å². The van der Waals surface area contributed by atoms with E-state index in [9.17, 15) is 9.18 Å². The number of likely N-dealkylation sites (N-methyl/N-ethyl adjacent to an activating group) is 1. The summed E-state index contributed by atoms with van der Waals surface area (Å²) in [5.41, 5.74) is 3.61. The van der Waals surface area contributed by atoms with Gasteiger partial charge in [-0.1, -0.05) is 48.9 Å². The average Bonchev–Trinajstić information content (AvgIpc) is 2.93. The molecule has 1 atom stereocenters. The zero-order valence-electron chi connectivity index (χ0n) is 23.9. The van der Waals surface area contributed by atoms with Gasteiger partial charge in [0.25, 0.3) is 0 Å². The van der Waals surface area contributed by atoms with Crippen LogP contribution in [0.25, 0.3) is 0 Å². The fourth-order valence-corrected chi connectivity index (χ4v) is 5.40. The van der Waals surface area contributed by atoms with E-state index in [1.165, 1.54) is 17.2 Å². The third-order valence-electron chi connectivity index (χ3n) is 7.29. The summed E-state index contributed by atoms with van der Waals surface area (Å²) in [6.07, 6.45) is 2.31. The van der Waals surface area contributed by atoms with Crippen LogP contribution in [0.4, 0.5) is 10.2 Å². The van der Waals surface area contributed by atoms with Crippen LogP contribution in [0.5, 0.6) is 0 Å². The number of rotatable bonds is 11. The first-order chi connectivity index (χ1) is 18.9. The van der Waals surface area contributed by atoms with Crippen LogP contribution >= 0.6 is 36.4 Å². The number of hydrogen-bond acceptors (Lipinski definition) is 6. The molecule has 3 aromatic rings. The Morgan fingerprint density at radius 2 is 1.80 bits per heavy atom. The maximum absolute atomic E-state index is 14.1. The highest BCUT2D eigenvalue weighted by Crippen LogP contribution is 2.24. The van der Waals surface area contributed by atoms with Gasteiger partial charge in [-0.2, -0.15) is 0 Å². The fourth-order valence-electron chi connectivity index (χ4n) is 5.14. The van der Waals surface area contributed by atoms with Crippen molar-refractivity contribution >= 4 is 48.2 Å². The summed E-state index contributed by atoms with van der Waals surface area (Å²) in [5, 5.41) is 0.491. The van der Waals surface area contributed by atoms with E-state index in [4.69, 9.17) is 16.3 Å². The van der Waals surface area contributed by atoms with Crippen molar-refractivity contribution in [1.29, 1.82) is 0 Å². The van der Waals surface area contributed by atoms with Crippen molar-refractivity contribution in [2.75, 3.05) is 44.2 Å². The molecule has 0 aliphatic carbocycles. The van der Waals surface area contributed by atoms with Crippen LogP contribution < -0.4 is 4.90 Å². The number of piperazine rings is 1. The highest BCUT2D eigenvalue weighted by atomic mass is 35.5. The molecule has 1 unspecified atom stereocenters. The molecule has 0 saturated carbocycles. The molecular formula is C31H40Cl3FN4O2. The number of carbonyl (C=O) groups excluding carboxylic acids is 1. The molecule has 2 heterocycles. The summed E-state index contributed by atoms with van der Waals surface area (Å²) in [6, 6.07) is 17.4. The molecule has 6 nitrogen and oxygen atoms in total. The molecule has 224 valence electrons. The van der Waals surface area contributed by atoms with Crippen molar-refractivity contribution in [3.05, 3.63) is 93.9 Å². The lowest BCUT2D eigenvalue weighted by molar-refractivity contribution is 0.0526. The molecule has 1 saturated heterocycles. The van der Waals surface area contributed by atoms with Crippen molar-refractivity contribution < 1.29 is 13.9 Å². The lowest BCUT2D eigenvalue weighted by atomic mass is 10.1. The second-order valence-corrected chi connectivity index (χ2v) is 10.4. The largest absolute Gasteiger partial charge is 0.462 e. The van der Waals surface area contributed by atoms with Crippen molar-refractivity contribution in [3.8, 4) is 0 Å². The minimum absolute atomic E-state index is 0. The van der Waals surface area contributed by atoms with Gasteiger partial charge in [-0.25, -0.2) is 14.2 Å². The predicted octanol–water partition coefficient (Wildman–Crippen LogP) is 6.67. The molecular weight excluding hydrogens is 586 g/mol. The highest BCUT2D eigenvalue weighted by Gasteiger charge is 2.28. The normalized spacial score (nSPS) is 15.3. The van der Waals surface area contributed by atoms with Crippen LogP contribution in [0.1, 0.15) is 47.8 Å². The maximum atomic E-state index is 14.1. The van der Waals surface area contributed by atoms with Crippen LogP contribution in [0.3, 0.4) is 0 Å². The lowest BCUT2D eigenvalue weighted by Crippen LogP contribution is -2.52. The van der Waals surface area contributed by atoms with E-state index in [-0.39, 0.29) is 42.6 Å². The van der Waals surface area contributed by atoms with E-state index in [1.807, 2.05) is 6.92 Å². The minimum Gasteiger partial charge on any atom is -0.462 e. The molecule has 0 N–H and O–H groups in total. The second-order valence-electron chi connectivity index (χ2n) is 10.0. The first kappa shape index (κ1) is 34.8. The first-order valence-corrected chi connectivity index (χ1v) is 14.1. The summed E-state index contributed by atoms with van der Waals surface area (Å²) in [7, 11) is 0. The highest BCUT2D eigenvalue weighted by molar-refractivity contribution is 6.31. The van der Waals surface area contributed by atoms with E-state index < -0.39 is 0 Å². The Morgan fingerprint density at radius 1 is 1.07 bits per heavy atom. The van der Waals surface area contributed by atoms with E-state index in [1.54, 1.807) is 30.5 Å². The van der Waals surface area contributed by atoms with Gasteiger partial charge in [0.05, 0.1) is 6.61 Å². The van der Waals surface area contributed by atoms with Gasteiger partial charge in [-0.05, 0) is 62.2 Å². The standard InChI is InChI=1S/C31H38ClFN4O2.2ClH/c1-4-35(17-15-26-28(32)9-6-10-29(26)33)21-24-11-13-25(14-12-24)22-36-18-19-37(23(3)20-36)30-27(8-7-16-34-30)31(38)39-5-2;;/h6-14,16,23H,4-5,15,17-22H2,1-3H3;2*1H. The Morgan fingerprint density at radius 3 is 2.46 bits per heavy atom. The van der Waals surface area contributed by atoms with Gasteiger partial charge in [-0.15, -0.1) is 24.8 Å². The molecule has 0 radical (unpaired) electrons. The second kappa shape index (κ2) is 16.9. The topological polar surface area (TPSA) is 48.9 Å². The van der Waals surface area contributed by atoms with Crippen LogP contribution in [0.15, 0.2) is 60.8 Å². The number of benzene rings is 2. The summed E-state index contributed by atoms with van der Waals surface area (Å²) in [6.45, 7) is 12.3. The van der Waals surface area contributed by atoms with Gasteiger partial charge in [-0.3, -0.25) is 9.80 Å². The number of esters is 1. The van der Waals surface area contributed by atoms with Gasteiger partial charge in [0, 0.05) is 62.1 Å². The monoisotopic (exact) mass is 624 g/mol. The molecule has 10 heteroatoms. The Bertz CT molecular complexity index is 1230. The van der Waals surface area contributed by atoms with Crippen LogP contribution in [-0.4, -0.2) is 66.1 Å². The number of hydrogen-bond donors (Lipinski definition) is 0. The SMILES string of the molecule is CCOC(=O)c1cccnc1N1CCN(Cc2ccc(CN(CC)CCc3c(F)cccc3Cl)cc2)CC1C.Cl.Cl. The lowest BCUT2D eigenvalue weighted by Gasteiger charge is -2.41. The number of carbonyl (C=O) groups is 1.